The van der Waals surface area contributed by atoms with E-state index in [2.05, 4.69) is 58.9 Å². The third-order valence-electron chi connectivity index (χ3n) is 5.55. The van der Waals surface area contributed by atoms with Gasteiger partial charge in [0.1, 0.15) is 0 Å². The van der Waals surface area contributed by atoms with E-state index in [1.54, 1.807) is 0 Å². The van der Waals surface area contributed by atoms with E-state index in [0.29, 0.717) is 0 Å². The number of nitrogens with zero attached hydrogens (tertiary/aromatic N) is 2. The molecule has 1 fully saturated rings. The van der Waals surface area contributed by atoms with Crippen LogP contribution in [0.25, 0.3) is 21.8 Å². The summed E-state index contributed by atoms with van der Waals surface area (Å²) in [5.74, 6) is -0.0882. The van der Waals surface area contributed by atoms with E-state index in [9.17, 15) is 4.79 Å². The second kappa shape index (κ2) is 6.52. The maximum Gasteiger partial charge on any atom is 0.220 e. The topological polar surface area (TPSA) is 51.3 Å². The fourth-order valence-corrected chi connectivity index (χ4v) is 4.17. The van der Waals surface area contributed by atoms with Gasteiger partial charge in [0.05, 0.1) is 0 Å². The Morgan fingerprint density at radius 3 is 2.52 bits per heavy atom. The zero-order chi connectivity index (χ0) is 17.4. The van der Waals surface area contributed by atoms with Crippen LogP contribution in [0.4, 0.5) is 0 Å². The number of rotatable bonds is 4. The lowest BCUT2D eigenvalue weighted by atomic mass is 9.96. The van der Waals surface area contributed by atoms with E-state index in [4.69, 9.17) is 5.73 Å². The number of likely N-dealkylation sites (tertiary alicyclic amines) is 1. The highest BCUT2D eigenvalue weighted by molar-refractivity contribution is 6.08. The smallest absolute Gasteiger partial charge is 0.220 e. The lowest BCUT2D eigenvalue weighted by molar-refractivity contribution is -0.123. The maximum absolute atomic E-state index is 11.3. The van der Waals surface area contributed by atoms with Crippen LogP contribution in [-0.4, -0.2) is 28.5 Å². The molecule has 0 unspecified atom stereocenters. The number of hydrogen-bond acceptors (Lipinski definition) is 2. The average molecular weight is 335 g/mol. The molecule has 2 N–H and O–H groups in total. The minimum Gasteiger partial charge on any atom is -0.369 e. The predicted molar refractivity (Wildman–Crippen MR) is 102 cm³/mol. The van der Waals surface area contributed by atoms with Gasteiger partial charge in [-0.2, -0.15) is 0 Å². The fraction of sp³-hybridized carbons (Fsp3) is 0.381. The number of piperidine rings is 1. The summed E-state index contributed by atoms with van der Waals surface area (Å²) in [4.78, 5) is 13.8. The Hall–Kier alpha value is -2.33. The standard InChI is InChI=1S/C21H25N3O/c1-2-24-19-6-4-3-5-17(19)18-13-15(7-8-20(18)24)14-23-11-9-16(10-12-23)21(22)25/h3-8,13,16H,2,9-12,14H2,1H3,(H2,22,25). The van der Waals surface area contributed by atoms with E-state index < -0.39 is 0 Å². The molecule has 0 bridgehead atoms. The Morgan fingerprint density at radius 1 is 1.08 bits per heavy atom. The molecule has 1 amide bonds. The van der Waals surface area contributed by atoms with Crippen LogP contribution in [0.2, 0.25) is 0 Å². The highest BCUT2D eigenvalue weighted by Gasteiger charge is 2.23. The van der Waals surface area contributed by atoms with Gasteiger partial charge in [0.15, 0.2) is 0 Å². The number of aryl methyl sites for hydroxylation is 1. The highest BCUT2D eigenvalue weighted by Crippen LogP contribution is 2.30. The summed E-state index contributed by atoms with van der Waals surface area (Å²) in [6, 6.07) is 15.5. The van der Waals surface area contributed by atoms with Crippen LogP contribution in [0, 0.1) is 5.92 Å². The zero-order valence-electron chi connectivity index (χ0n) is 14.7. The Morgan fingerprint density at radius 2 is 1.80 bits per heavy atom. The Bertz CT molecular complexity index is 919. The van der Waals surface area contributed by atoms with E-state index in [1.165, 1.54) is 27.4 Å². The van der Waals surface area contributed by atoms with Gasteiger partial charge in [0.25, 0.3) is 0 Å². The van der Waals surface area contributed by atoms with Crippen LogP contribution in [0.5, 0.6) is 0 Å². The summed E-state index contributed by atoms with van der Waals surface area (Å²) in [5.41, 5.74) is 9.38. The van der Waals surface area contributed by atoms with Gasteiger partial charge in [0, 0.05) is 40.8 Å². The fourth-order valence-electron chi connectivity index (χ4n) is 4.17. The number of nitrogens with two attached hydrogens (primary N) is 1. The minimum absolute atomic E-state index is 0.0567. The van der Waals surface area contributed by atoms with Gasteiger partial charge < -0.3 is 10.3 Å². The largest absolute Gasteiger partial charge is 0.369 e. The van der Waals surface area contributed by atoms with Crippen molar-refractivity contribution in [2.45, 2.75) is 32.9 Å². The number of primary amides is 1. The molecule has 2 aromatic carbocycles. The van der Waals surface area contributed by atoms with E-state index in [1.807, 2.05) is 0 Å². The van der Waals surface area contributed by atoms with E-state index >= 15 is 0 Å². The van der Waals surface area contributed by atoms with Gasteiger partial charge in [-0.1, -0.05) is 24.3 Å². The molecule has 4 nitrogen and oxygen atoms in total. The molecule has 1 aliphatic rings. The van der Waals surface area contributed by atoms with Crippen molar-refractivity contribution in [3.8, 4) is 0 Å². The van der Waals surface area contributed by atoms with Gasteiger partial charge in [-0.15, -0.1) is 0 Å². The zero-order valence-corrected chi connectivity index (χ0v) is 14.7. The third kappa shape index (κ3) is 2.91. The summed E-state index contributed by atoms with van der Waals surface area (Å²) in [7, 11) is 0. The normalized spacial score (nSPS) is 16.7. The van der Waals surface area contributed by atoms with Crippen LogP contribution in [0.3, 0.4) is 0 Å². The molecule has 1 aliphatic heterocycles. The van der Waals surface area contributed by atoms with Crippen molar-refractivity contribution in [3.05, 3.63) is 48.0 Å². The molecule has 0 atom stereocenters. The molecule has 0 aliphatic carbocycles. The maximum atomic E-state index is 11.3. The first kappa shape index (κ1) is 16.2. The molecule has 0 radical (unpaired) electrons. The molecule has 0 saturated carbocycles. The number of amides is 1. The Balaban J connectivity index is 1.62. The summed E-state index contributed by atoms with van der Waals surface area (Å²) < 4.78 is 2.38. The molecular formula is C21H25N3O. The van der Waals surface area contributed by atoms with E-state index in [0.717, 1.165) is 39.0 Å². The van der Waals surface area contributed by atoms with Crippen molar-refractivity contribution in [1.29, 1.82) is 0 Å². The molecule has 3 aromatic rings. The monoisotopic (exact) mass is 335 g/mol. The summed E-state index contributed by atoms with van der Waals surface area (Å²) in [6.45, 7) is 6.00. The molecule has 1 aromatic heterocycles. The van der Waals surface area contributed by atoms with Gasteiger partial charge in [0.2, 0.25) is 5.91 Å². The molecule has 1 saturated heterocycles. The van der Waals surface area contributed by atoms with Crippen LogP contribution >= 0.6 is 0 Å². The number of carbonyl (C=O) groups excluding carboxylic acids is 1. The Labute approximate surface area is 148 Å². The van der Waals surface area contributed by atoms with Crippen LogP contribution in [-0.2, 0) is 17.9 Å². The summed E-state index contributed by atoms with van der Waals surface area (Å²) >= 11 is 0. The van der Waals surface area contributed by atoms with E-state index in [-0.39, 0.29) is 11.8 Å². The first-order chi connectivity index (χ1) is 12.2. The van der Waals surface area contributed by atoms with Crippen molar-refractivity contribution in [2.24, 2.45) is 11.7 Å². The predicted octanol–water partition coefficient (Wildman–Crippen LogP) is 3.51. The van der Waals surface area contributed by atoms with Gasteiger partial charge in [-0.25, -0.2) is 0 Å². The minimum atomic E-state index is -0.145. The van der Waals surface area contributed by atoms with Gasteiger partial charge >= 0.3 is 0 Å². The Kier molecular flexibility index (Phi) is 4.22. The number of fused-ring (bicyclic) bond motifs is 3. The van der Waals surface area contributed by atoms with Gasteiger partial charge in [-0.3, -0.25) is 9.69 Å². The first-order valence-electron chi connectivity index (χ1n) is 9.19. The van der Waals surface area contributed by atoms with Crippen LogP contribution < -0.4 is 5.73 Å². The number of benzene rings is 2. The lowest BCUT2D eigenvalue weighted by Crippen LogP contribution is -2.38. The second-order valence-electron chi connectivity index (χ2n) is 7.07. The highest BCUT2D eigenvalue weighted by atomic mass is 16.1. The van der Waals surface area contributed by atoms with Crippen LogP contribution in [0.15, 0.2) is 42.5 Å². The average Bonchev–Trinajstić information content (AvgIpc) is 2.95. The third-order valence-corrected chi connectivity index (χ3v) is 5.55. The van der Waals surface area contributed by atoms with Crippen molar-refractivity contribution in [3.63, 3.8) is 0 Å². The molecule has 130 valence electrons. The summed E-state index contributed by atoms with van der Waals surface area (Å²) in [6.07, 6.45) is 1.76. The molecule has 0 spiro atoms. The van der Waals surface area contributed by atoms with Crippen molar-refractivity contribution >= 4 is 27.7 Å². The molecule has 4 rings (SSSR count). The number of para-hydroxylation sites is 1. The van der Waals surface area contributed by atoms with Gasteiger partial charge in [-0.05, 0) is 56.6 Å². The molecule has 2 heterocycles. The lowest BCUT2D eigenvalue weighted by Gasteiger charge is -2.30. The van der Waals surface area contributed by atoms with Crippen molar-refractivity contribution < 1.29 is 4.79 Å². The molecular weight excluding hydrogens is 310 g/mol. The second-order valence-corrected chi connectivity index (χ2v) is 7.07. The summed E-state index contributed by atoms with van der Waals surface area (Å²) in [5, 5.41) is 2.66. The first-order valence-corrected chi connectivity index (χ1v) is 9.19. The van der Waals surface area contributed by atoms with Crippen LogP contribution in [0.1, 0.15) is 25.3 Å². The quantitative estimate of drug-likeness (QED) is 0.793. The van der Waals surface area contributed by atoms with Crippen molar-refractivity contribution in [1.82, 2.24) is 9.47 Å². The molecule has 25 heavy (non-hydrogen) atoms. The number of aromatic nitrogens is 1. The van der Waals surface area contributed by atoms with Crippen molar-refractivity contribution in [2.75, 3.05) is 13.1 Å². The number of hydrogen-bond donors (Lipinski definition) is 1. The SMILES string of the molecule is CCn1c2ccccc2c2cc(CN3CCC(C(N)=O)CC3)ccc21. The number of carbonyl (C=O) groups is 1. The molecule has 4 heteroatoms.